The van der Waals surface area contributed by atoms with Crippen molar-refractivity contribution in [2.24, 2.45) is 5.41 Å². The first-order chi connectivity index (χ1) is 14.5. The van der Waals surface area contributed by atoms with Crippen LogP contribution < -0.4 is 4.90 Å². The molecule has 0 bridgehead atoms. The number of pyridine rings is 1. The van der Waals surface area contributed by atoms with Crippen molar-refractivity contribution in [3.05, 3.63) is 58.9 Å². The number of benzene rings is 1. The Morgan fingerprint density at radius 3 is 2.63 bits per heavy atom. The van der Waals surface area contributed by atoms with Crippen molar-refractivity contribution >= 4 is 17.6 Å². The minimum atomic E-state index is -0.201. The number of rotatable bonds is 4. The van der Waals surface area contributed by atoms with Crippen LogP contribution in [0.25, 0.3) is 0 Å². The Kier molecular flexibility index (Phi) is 4.82. The Balaban J connectivity index is 1.18. The molecule has 6 nitrogen and oxygen atoms in total. The molecule has 0 saturated carbocycles. The summed E-state index contributed by atoms with van der Waals surface area (Å²) in [5.41, 5.74) is 5.34. The van der Waals surface area contributed by atoms with Gasteiger partial charge < -0.3 is 14.5 Å². The maximum absolute atomic E-state index is 12.7. The first kappa shape index (κ1) is 19.2. The Morgan fingerprint density at radius 2 is 1.87 bits per heavy atom. The molecule has 2 saturated heterocycles. The Hall–Kier alpha value is -2.73. The van der Waals surface area contributed by atoms with Crippen LogP contribution >= 0.6 is 0 Å². The highest BCUT2D eigenvalue weighted by atomic mass is 16.5. The van der Waals surface area contributed by atoms with E-state index >= 15 is 0 Å². The molecule has 3 aliphatic rings. The van der Waals surface area contributed by atoms with E-state index in [4.69, 9.17) is 4.74 Å². The molecule has 0 aliphatic carbocycles. The Morgan fingerprint density at radius 1 is 1.10 bits per heavy atom. The third-order valence-corrected chi connectivity index (χ3v) is 7.19. The van der Waals surface area contributed by atoms with Crippen molar-refractivity contribution in [2.45, 2.75) is 39.2 Å². The van der Waals surface area contributed by atoms with Crippen molar-refractivity contribution < 1.29 is 14.3 Å². The van der Waals surface area contributed by atoms with E-state index in [1.807, 2.05) is 23.1 Å². The summed E-state index contributed by atoms with van der Waals surface area (Å²) < 4.78 is 5.17. The van der Waals surface area contributed by atoms with E-state index in [0.717, 1.165) is 62.3 Å². The summed E-state index contributed by atoms with van der Waals surface area (Å²) in [6.07, 6.45) is 7.25. The lowest BCUT2D eigenvalue weighted by Gasteiger charge is -2.39. The number of piperidine rings is 1. The van der Waals surface area contributed by atoms with E-state index in [2.05, 4.69) is 22.9 Å². The molecule has 4 heterocycles. The van der Waals surface area contributed by atoms with Crippen LogP contribution in [0.15, 0.2) is 36.7 Å². The number of likely N-dealkylation sites (tertiary alicyclic amines) is 1. The van der Waals surface area contributed by atoms with Gasteiger partial charge in [-0.2, -0.15) is 0 Å². The second kappa shape index (κ2) is 7.51. The standard InChI is InChI=1S/C24H27N3O3/c1-17-18(2-3-20-21(17)15-30-23(20)29)6-11-26-12-7-24(8-13-26)14-22(28)27(16-24)19-4-9-25-10-5-19/h2-5,9-10H,6-8,11-16H2,1H3. The number of hydrogen-bond acceptors (Lipinski definition) is 5. The van der Waals surface area contributed by atoms with E-state index in [-0.39, 0.29) is 17.3 Å². The number of fused-ring (bicyclic) bond motifs is 1. The molecule has 0 atom stereocenters. The van der Waals surface area contributed by atoms with Crippen molar-refractivity contribution in [3.63, 3.8) is 0 Å². The van der Waals surface area contributed by atoms with Gasteiger partial charge in [0.05, 0.1) is 5.56 Å². The fraction of sp³-hybridized carbons (Fsp3) is 0.458. The molecule has 0 N–H and O–H groups in total. The monoisotopic (exact) mass is 405 g/mol. The number of carbonyl (C=O) groups is 2. The van der Waals surface area contributed by atoms with Gasteiger partial charge in [0.2, 0.25) is 5.91 Å². The van der Waals surface area contributed by atoms with E-state index < -0.39 is 0 Å². The minimum Gasteiger partial charge on any atom is -0.457 e. The third kappa shape index (κ3) is 3.39. The zero-order valence-corrected chi connectivity index (χ0v) is 17.4. The van der Waals surface area contributed by atoms with Crippen molar-refractivity contribution in [1.82, 2.24) is 9.88 Å². The van der Waals surface area contributed by atoms with E-state index in [0.29, 0.717) is 13.0 Å². The first-order valence-electron chi connectivity index (χ1n) is 10.8. The molecule has 156 valence electrons. The quantitative estimate of drug-likeness (QED) is 0.732. The number of carbonyl (C=O) groups excluding carboxylic acids is 2. The molecular formula is C24H27N3O3. The van der Waals surface area contributed by atoms with Gasteiger partial charge in [-0.1, -0.05) is 6.07 Å². The molecule has 0 unspecified atom stereocenters. The molecule has 30 heavy (non-hydrogen) atoms. The van der Waals surface area contributed by atoms with Gasteiger partial charge in [0, 0.05) is 43.2 Å². The number of nitrogens with zero attached hydrogens (tertiary/aromatic N) is 3. The second-order valence-electron chi connectivity index (χ2n) is 8.91. The van der Waals surface area contributed by atoms with Crippen molar-refractivity contribution in [3.8, 4) is 0 Å². The van der Waals surface area contributed by atoms with Crippen LogP contribution in [0.3, 0.4) is 0 Å². The summed E-state index contributed by atoms with van der Waals surface area (Å²) in [4.78, 5) is 32.9. The second-order valence-corrected chi connectivity index (χ2v) is 8.91. The van der Waals surface area contributed by atoms with Gasteiger partial charge in [-0.25, -0.2) is 4.79 Å². The summed E-state index contributed by atoms with van der Waals surface area (Å²) in [5.74, 6) is 0.0353. The average molecular weight is 405 g/mol. The maximum Gasteiger partial charge on any atom is 0.338 e. The van der Waals surface area contributed by atoms with Crippen LogP contribution in [-0.4, -0.2) is 47.9 Å². The van der Waals surface area contributed by atoms with E-state index in [1.54, 1.807) is 12.4 Å². The summed E-state index contributed by atoms with van der Waals surface area (Å²) in [7, 11) is 0. The normalized spacial score (nSPS) is 20.6. The van der Waals surface area contributed by atoms with Gasteiger partial charge in [0.1, 0.15) is 6.61 Å². The Bertz CT molecular complexity index is 981. The first-order valence-corrected chi connectivity index (χ1v) is 10.8. The Labute approximate surface area is 176 Å². The number of aromatic nitrogens is 1. The van der Waals surface area contributed by atoms with Gasteiger partial charge in [-0.05, 0) is 74.0 Å². The zero-order chi connectivity index (χ0) is 20.7. The summed E-state index contributed by atoms with van der Waals surface area (Å²) >= 11 is 0. The largest absolute Gasteiger partial charge is 0.457 e. The van der Waals surface area contributed by atoms with Gasteiger partial charge in [0.25, 0.3) is 0 Å². The molecule has 1 aromatic heterocycles. The van der Waals surface area contributed by atoms with Crippen LogP contribution in [0.1, 0.15) is 46.3 Å². The summed E-state index contributed by atoms with van der Waals surface area (Å²) in [6.45, 7) is 6.39. The molecule has 1 amide bonds. The number of amides is 1. The van der Waals surface area contributed by atoms with E-state index in [1.165, 1.54) is 11.1 Å². The van der Waals surface area contributed by atoms with Crippen LogP contribution in [0.5, 0.6) is 0 Å². The molecule has 2 aromatic rings. The molecule has 3 aliphatic heterocycles. The zero-order valence-electron chi connectivity index (χ0n) is 17.4. The predicted molar refractivity (Wildman–Crippen MR) is 113 cm³/mol. The lowest BCUT2D eigenvalue weighted by molar-refractivity contribution is -0.118. The highest BCUT2D eigenvalue weighted by Crippen LogP contribution is 2.42. The molecule has 1 aromatic carbocycles. The van der Waals surface area contributed by atoms with Gasteiger partial charge in [0.15, 0.2) is 0 Å². The van der Waals surface area contributed by atoms with Gasteiger partial charge in [-0.15, -0.1) is 0 Å². The number of ether oxygens (including phenoxy) is 1. The van der Waals surface area contributed by atoms with Crippen LogP contribution in [0.2, 0.25) is 0 Å². The number of cyclic esters (lactones) is 1. The topological polar surface area (TPSA) is 62.7 Å². The highest BCUT2D eigenvalue weighted by molar-refractivity contribution is 5.96. The number of anilines is 1. The molecule has 1 spiro atoms. The highest BCUT2D eigenvalue weighted by Gasteiger charge is 2.45. The SMILES string of the molecule is Cc1c(CCN2CCC3(CC2)CC(=O)N(c2ccncc2)C3)ccc2c1COC2=O. The summed E-state index contributed by atoms with van der Waals surface area (Å²) in [5, 5.41) is 0. The number of hydrogen-bond donors (Lipinski definition) is 0. The average Bonchev–Trinajstić information content (AvgIpc) is 3.30. The fourth-order valence-electron chi connectivity index (χ4n) is 5.19. The smallest absolute Gasteiger partial charge is 0.338 e. The third-order valence-electron chi connectivity index (χ3n) is 7.19. The molecule has 0 radical (unpaired) electrons. The minimum absolute atomic E-state index is 0.109. The van der Waals surface area contributed by atoms with Gasteiger partial charge >= 0.3 is 5.97 Å². The predicted octanol–water partition coefficient (Wildman–Crippen LogP) is 3.12. The molecule has 2 fully saturated rings. The molecule has 5 rings (SSSR count). The molecule has 6 heteroatoms. The number of esters is 1. The lowest BCUT2D eigenvalue weighted by atomic mass is 9.77. The molecular weight excluding hydrogens is 378 g/mol. The fourth-order valence-corrected chi connectivity index (χ4v) is 5.19. The lowest BCUT2D eigenvalue weighted by Crippen LogP contribution is -2.42. The van der Waals surface area contributed by atoms with Crippen molar-refractivity contribution in [1.29, 1.82) is 0 Å². The van der Waals surface area contributed by atoms with Crippen molar-refractivity contribution in [2.75, 3.05) is 31.1 Å². The van der Waals surface area contributed by atoms with Crippen LogP contribution in [-0.2, 0) is 22.6 Å². The van der Waals surface area contributed by atoms with Crippen LogP contribution in [0.4, 0.5) is 5.69 Å². The van der Waals surface area contributed by atoms with E-state index in [9.17, 15) is 9.59 Å². The maximum atomic E-state index is 12.7. The van der Waals surface area contributed by atoms with Gasteiger partial charge in [-0.3, -0.25) is 9.78 Å². The summed E-state index contributed by atoms with van der Waals surface area (Å²) in [6, 6.07) is 7.83. The van der Waals surface area contributed by atoms with Crippen LogP contribution in [0, 0.1) is 12.3 Å².